The maximum atomic E-state index is 5.32. The van der Waals surface area contributed by atoms with Crippen molar-refractivity contribution < 1.29 is 9.47 Å². The molecule has 2 rings (SSSR count). The lowest BCUT2D eigenvalue weighted by Crippen LogP contribution is -2.14. The molecule has 21 heavy (non-hydrogen) atoms. The summed E-state index contributed by atoms with van der Waals surface area (Å²) in [7, 11) is 7.16. The highest BCUT2D eigenvalue weighted by molar-refractivity contribution is 5.74. The van der Waals surface area contributed by atoms with Gasteiger partial charge in [0, 0.05) is 26.4 Å². The lowest BCUT2D eigenvalue weighted by atomic mass is 10.3. The zero-order valence-corrected chi connectivity index (χ0v) is 12.8. The van der Waals surface area contributed by atoms with Crippen LogP contribution in [0.25, 0.3) is 0 Å². The Morgan fingerprint density at radius 3 is 2.62 bits per heavy atom. The van der Waals surface area contributed by atoms with Gasteiger partial charge in [-0.1, -0.05) is 6.07 Å². The Balaban J connectivity index is 2.22. The van der Waals surface area contributed by atoms with E-state index in [1.54, 1.807) is 20.4 Å². The van der Waals surface area contributed by atoms with Gasteiger partial charge in [0.2, 0.25) is 11.8 Å². The highest BCUT2D eigenvalue weighted by Gasteiger charge is 2.12. The first-order valence-electron chi connectivity index (χ1n) is 6.59. The Kier molecular flexibility index (Phi) is 4.81. The van der Waals surface area contributed by atoms with Crippen LogP contribution in [0.1, 0.15) is 5.69 Å². The minimum absolute atomic E-state index is 0.556. The third-order valence-corrected chi connectivity index (χ3v) is 3.01. The second-order valence-electron chi connectivity index (χ2n) is 4.63. The first kappa shape index (κ1) is 14.9. The Morgan fingerprint density at radius 1 is 1.14 bits per heavy atom. The number of aromatic nitrogens is 2. The van der Waals surface area contributed by atoms with Crippen LogP contribution in [0.3, 0.4) is 0 Å². The van der Waals surface area contributed by atoms with Crippen molar-refractivity contribution in [3.05, 3.63) is 36.2 Å². The van der Waals surface area contributed by atoms with Crippen molar-refractivity contribution >= 4 is 11.4 Å². The Hall–Kier alpha value is -2.50. The summed E-state index contributed by atoms with van der Waals surface area (Å²) in [5.74, 6) is 1.16. The summed E-state index contributed by atoms with van der Waals surface area (Å²) in [4.78, 5) is 10.6. The monoisotopic (exact) mass is 288 g/mol. The van der Waals surface area contributed by atoms with Crippen molar-refractivity contribution in [3.8, 4) is 11.8 Å². The molecular weight excluding hydrogens is 268 g/mol. The summed E-state index contributed by atoms with van der Waals surface area (Å²) >= 11 is 0. The minimum atomic E-state index is 0.556. The van der Waals surface area contributed by atoms with Gasteiger partial charge in [0.05, 0.1) is 32.1 Å². The molecule has 0 aliphatic rings. The molecule has 112 valence electrons. The second kappa shape index (κ2) is 6.78. The van der Waals surface area contributed by atoms with E-state index in [4.69, 9.17) is 9.47 Å². The topological polar surface area (TPSA) is 59.5 Å². The average Bonchev–Trinajstić information content (AvgIpc) is 2.52. The van der Waals surface area contributed by atoms with Gasteiger partial charge in [-0.15, -0.1) is 0 Å². The average molecular weight is 288 g/mol. The SMILES string of the molecule is COc1cccc(CNc2c(N(C)C)ccnc2OC)n1. The molecule has 6 heteroatoms. The minimum Gasteiger partial charge on any atom is -0.481 e. The van der Waals surface area contributed by atoms with Crippen LogP contribution in [0.5, 0.6) is 11.8 Å². The predicted molar refractivity (Wildman–Crippen MR) is 83.2 cm³/mol. The van der Waals surface area contributed by atoms with Crippen molar-refractivity contribution in [1.82, 2.24) is 9.97 Å². The third kappa shape index (κ3) is 3.53. The molecule has 0 saturated carbocycles. The second-order valence-corrected chi connectivity index (χ2v) is 4.63. The van der Waals surface area contributed by atoms with Crippen molar-refractivity contribution in [1.29, 1.82) is 0 Å². The van der Waals surface area contributed by atoms with Crippen LogP contribution in [-0.4, -0.2) is 38.3 Å². The normalized spacial score (nSPS) is 10.1. The van der Waals surface area contributed by atoms with Crippen LogP contribution in [0.15, 0.2) is 30.5 Å². The van der Waals surface area contributed by atoms with Crippen LogP contribution in [-0.2, 0) is 6.54 Å². The van der Waals surface area contributed by atoms with Crippen LogP contribution in [0.4, 0.5) is 11.4 Å². The van der Waals surface area contributed by atoms with E-state index in [9.17, 15) is 0 Å². The molecular formula is C15H20N4O2. The molecule has 0 aliphatic heterocycles. The fourth-order valence-electron chi connectivity index (χ4n) is 1.98. The van der Waals surface area contributed by atoms with E-state index in [2.05, 4.69) is 15.3 Å². The van der Waals surface area contributed by atoms with E-state index in [-0.39, 0.29) is 0 Å². The molecule has 2 aromatic heterocycles. The van der Waals surface area contributed by atoms with Gasteiger partial charge in [-0.3, -0.25) is 0 Å². The summed E-state index contributed by atoms with van der Waals surface area (Å²) < 4.78 is 10.5. The number of ether oxygens (including phenoxy) is 2. The number of rotatable bonds is 6. The van der Waals surface area contributed by atoms with Crippen molar-refractivity contribution in [2.24, 2.45) is 0 Å². The molecule has 0 aliphatic carbocycles. The summed E-state index contributed by atoms with van der Waals surface area (Å²) in [6.45, 7) is 0.556. The van der Waals surface area contributed by atoms with E-state index in [0.29, 0.717) is 18.3 Å². The van der Waals surface area contributed by atoms with Gasteiger partial charge in [0.15, 0.2) is 0 Å². The maximum absolute atomic E-state index is 5.32. The zero-order valence-electron chi connectivity index (χ0n) is 12.8. The Morgan fingerprint density at radius 2 is 1.95 bits per heavy atom. The van der Waals surface area contributed by atoms with E-state index in [0.717, 1.165) is 17.1 Å². The molecule has 0 atom stereocenters. The van der Waals surface area contributed by atoms with Crippen molar-refractivity contribution in [2.45, 2.75) is 6.54 Å². The standard InChI is InChI=1S/C15H20N4O2/c1-19(2)12-8-9-16-15(21-4)14(12)17-10-11-6-5-7-13(18-11)20-3/h5-9,17H,10H2,1-4H3. The summed E-state index contributed by atoms with van der Waals surface area (Å²) in [5.41, 5.74) is 2.73. The number of hydrogen-bond acceptors (Lipinski definition) is 6. The number of methoxy groups -OCH3 is 2. The van der Waals surface area contributed by atoms with Crippen LogP contribution < -0.4 is 19.7 Å². The van der Waals surface area contributed by atoms with Crippen molar-refractivity contribution in [2.75, 3.05) is 38.5 Å². The lowest BCUT2D eigenvalue weighted by Gasteiger charge is -2.19. The Labute approximate surface area is 124 Å². The first-order chi connectivity index (χ1) is 10.2. The van der Waals surface area contributed by atoms with Gasteiger partial charge in [0.25, 0.3) is 0 Å². The van der Waals surface area contributed by atoms with Crippen LogP contribution >= 0.6 is 0 Å². The van der Waals surface area contributed by atoms with E-state index in [1.165, 1.54) is 0 Å². The first-order valence-corrected chi connectivity index (χ1v) is 6.59. The largest absolute Gasteiger partial charge is 0.481 e. The molecule has 0 unspecified atom stereocenters. The molecule has 6 nitrogen and oxygen atoms in total. The molecule has 0 radical (unpaired) electrons. The number of nitrogens with one attached hydrogen (secondary N) is 1. The van der Waals surface area contributed by atoms with Gasteiger partial charge in [-0.25, -0.2) is 9.97 Å². The summed E-state index contributed by atoms with van der Waals surface area (Å²) in [6.07, 6.45) is 1.73. The van der Waals surface area contributed by atoms with Crippen molar-refractivity contribution in [3.63, 3.8) is 0 Å². The van der Waals surface area contributed by atoms with Crippen LogP contribution in [0.2, 0.25) is 0 Å². The molecule has 0 amide bonds. The number of hydrogen-bond donors (Lipinski definition) is 1. The molecule has 0 fully saturated rings. The fraction of sp³-hybridized carbons (Fsp3) is 0.333. The van der Waals surface area contributed by atoms with Gasteiger partial charge < -0.3 is 19.7 Å². The molecule has 2 heterocycles. The maximum Gasteiger partial charge on any atom is 0.239 e. The van der Waals surface area contributed by atoms with E-state index in [1.807, 2.05) is 43.3 Å². The van der Waals surface area contributed by atoms with Gasteiger partial charge in [-0.2, -0.15) is 0 Å². The predicted octanol–water partition coefficient (Wildman–Crippen LogP) is 2.17. The Bertz CT molecular complexity index is 602. The fourth-order valence-corrected chi connectivity index (χ4v) is 1.98. The highest BCUT2D eigenvalue weighted by atomic mass is 16.5. The molecule has 0 saturated heterocycles. The molecule has 0 aromatic carbocycles. The zero-order chi connectivity index (χ0) is 15.2. The van der Waals surface area contributed by atoms with Gasteiger partial charge in [-0.05, 0) is 12.1 Å². The summed E-state index contributed by atoms with van der Waals surface area (Å²) in [6, 6.07) is 7.60. The molecule has 0 spiro atoms. The van der Waals surface area contributed by atoms with E-state index >= 15 is 0 Å². The third-order valence-electron chi connectivity index (χ3n) is 3.01. The molecule has 1 N–H and O–H groups in total. The van der Waals surface area contributed by atoms with Crippen LogP contribution in [0, 0.1) is 0 Å². The molecule has 0 bridgehead atoms. The smallest absolute Gasteiger partial charge is 0.239 e. The number of pyridine rings is 2. The van der Waals surface area contributed by atoms with Gasteiger partial charge in [0.1, 0.15) is 5.69 Å². The highest BCUT2D eigenvalue weighted by Crippen LogP contribution is 2.32. The quantitative estimate of drug-likeness (QED) is 0.879. The summed E-state index contributed by atoms with van der Waals surface area (Å²) in [5, 5.41) is 3.33. The lowest BCUT2D eigenvalue weighted by molar-refractivity contribution is 0.396. The number of anilines is 2. The number of nitrogens with zero attached hydrogens (tertiary/aromatic N) is 3. The van der Waals surface area contributed by atoms with Gasteiger partial charge >= 0.3 is 0 Å². The molecule has 2 aromatic rings. The van der Waals surface area contributed by atoms with E-state index < -0.39 is 0 Å².